The van der Waals surface area contributed by atoms with Crippen molar-refractivity contribution in [3.05, 3.63) is 40.4 Å². The van der Waals surface area contributed by atoms with Crippen LogP contribution in [0.5, 0.6) is 0 Å². The molecule has 0 unspecified atom stereocenters. The van der Waals surface area contributed by atoms with Crippen molar-refractivity contribution in [3.8, 4) is 0 Å². The molecule has 1 aromatic rings. The Balaban J connectivity index is 2.14. The fraction of sp³-hybridized carbons (Fsp3) is 0.385. The Bertz CT molecular complexity index is 395. The zero-order valence-corrected chi connectivity index (χ0v) is 10.2. The molecule has 2 nitrogen and oxygen atoms in total. The van der Waals surface area contributed by atoms with Crippen LogP contribution in [0.1, 0.15) is 17.0 Å². The topological polar surface area (TPSA) is 29.3 Å². The van der Waals surface area contributed by atoms with Crippen LogP contribution in [-0.2, 0) is 0 Å². The summed E-state index contributed by atoms with van der Waals surface area (Å²) in [5.74, 6) is 0.602. The lowest BCUT2D eigenvalue weighted by Gasteiger charge is -2.37. The predicted molar refractivity (Wildman–Crippen MR) is 69.8 cm³/mol. The summed E-state index contributed by atoms with van der Waals surface area (Å²) in [5, 5.41) is 0.872. The highest BCUT2D eigenvalue weighted by Gasteiger charge is 2.26. The minimum absolute atomic E-state index is 0.562. The second-order valence-corrected chi connectivity index (χ2v) is 4.74. The Kier molecular flexibility index (Phi) is 3.64. The van der Waals surface area contributed by atoms with Crippen LogP contribution in [0.4, 0.5) is 0 Å². The molecule has 0 aliphatic carbocycles. The van der Waals surface area contributed by atoms with Gasteiger partial charge in [0.15, 0.2) is 0 Å². The number of halogens is 1. The Morgan fingerprint density at radius 1 is 1.50 bits per heavy atom. The SMILES string of the molecule is CN1CC(c2ccc(/C=C/CN)cc2Cl)C1. The molecule has 2 rings (SSSR count). The van der Waals surface area contributed by atoms with Crippen molar-refractivity contribution in [2.75, 3.05) is 26.7 Å². The van der Waals surface area contributed by atoms with Crippen LogP contribution in [0.2, 0.25) is 5.02 Å². The van der Waals surface area contributed by atoms with E-state index in [9.17, 15) is 0 Å². The Morgan fingerprint density at radius 2 is 2.25 bits per heavy atom. The van der Waals surface area contributed by atoms with Gasteiger partial charge in [-0.2, -0.15) is 0 Å². The summed E-state index contributed by atoms with van der Waals surface area (Å²) in [6.45, 7) is 2.78. The molecular weight excluding hydrogens is 220 g/mol. The molecule has 0 aromatic heterocycles. The average molecular weight is 237 g/mol. The minimum atomic E-state index is 0.562. The van der Waals surface area contributed by atoms with Crippen LogP contribution in [0.15, 0.2) is 24.3 Å². The third kappa shape index (κ3) is 2.46. The van der Waals surface area contributed by atoms with Crippen molar-refractivity contribution < 1.29 is 0 Å². The van der Waals surface area contributed by atoms with Gasteiger partial charge in [0, 0.05) is 30.6 Å². The smallest absolute Gasteiger partial charge is 0.0447 e. The summed E-state index contributed by atoms with van der Waals surface area (Å²) in [5.41, 5.74) is 7.80. The van der Waals surface area contributed by atoms with E-state index in [1.54, 1.807) is 0 Å². The molecule has 1 aliphatic heterocycles. The monoisotopic (exact) mass is 236 g/mol. The van der Waals surface area contributed by atoms with Gasteiger partial charge >= 0.3 is 0 Å². The van der Waals surface area contributed by atoms with Crippen molar-refractivity contribution >= 4 is 17.7 Å². The molecule has 1 saturated heterocycles. The van der Waals surface area contributed by atoms with Gasteiger partial charge in [-0.05, 0) is 24.2 Å². The summed E-state index contributed by atoms with van der Waals surface area (Å²) < 4.78 is 0. The van der Waals surface area contributed by atoms with Gasteiger partial charge in [-0.15, -0.1) is 0 Å². The molecule has 0 bridgehead atoms. The second kappa shape index (κ2) is 5.00. The molecule has 0 amide bonds. The molecular formula is C13H17ClN2. The van der Waals surface area contributed by atoms with Crippen LogP contribution >= 0.6 is 11.6 Å². The molecule has 0 saturated carbocycles. The fourth-order valence-electron chi connectivity index (χ4n) is 2.08. The van der Waals surface area contributed by atoms with Gasteiger partial charge in [-0.25, -0.2) is 0 Å². The number of likely N-dealkylation sites (N-methyl/N-ethyl adjacent to an activating group) is 1. The summed E-state index contributed by atoms with van der Waals surface area (Å²) in [4.78, 5) is 2.29. The number of benzene rings is 1. The Hall–Kier alpha value is -0.830. The van der Waals surface area contributed by atoms with Crippen molar-refractivity contribution in [2.45, 2.75) is 5.92 Å². The van der Waals surface area contributed by atoms with E-state index in [2.05, 4.69) is 24.1 Å². The first kappa shape index (κ1) is 11.6. The van der Waals surface area contributed by atoms with E-state index in [0.717, 1.165) is 23.7 Å². The first-order chi connectivity index (χ1) is 7.70. The third-order valence-electron chi connectivity index (χ3n) is 2.97. The summed E-state index contributed by atoms with van der Waals surface area (Å²) in [7, 11) is 2.13. The van der Waals surface area contributed by atoms with Crippen LogP contribution in [0.3, 0.4) is 0 Å². The van der Waals surface area contributed by atoms with Crippen molar-refractivity contribution in [3.63, 3.8) is 0 Å². The second-order valence-electron chi connectivity index (χ2n) is 4.34. The average Bonchev–Trinajstić information content (AvgIpc) is 2.23. The molecule has 0 radical (unpaired) electrons. The normalized spacial score (nSPS) is 17.9. The molecule has 86 valence electrons. The lowest BCUT2D eigenvalue weighted by molar-refractivity contribution is 0.190. The number of nitrogens with zero attached hydrogens (tertiary/aromatic N) is 1. The van der Waals surface area contributed by atoms with Crippen LogP contribution < -0.4 is 5.73 Å². The van der Waals surface area contributed by atoms with Gasteiger partial charge in [0.05, 0.1) is 0 Å². The first-order valence-corrected chi connectivity index (χ1v) is 5.93. The molecule has 16 heavy (non-hydrogen) atoms. The van der Waals surface area contributed by atoms with Crippen molar-refractivity contribution in [2.24, 2.45) is 5.73 Å². The minimum Gasteiger partial charge on any atom is -0.327 e. The molecule has 1 aromatic carbocycles. The zero-order valence-electron chi connectivity index (χ0n) is 9.49. The van der Waals surface area contributed by atoms with Gasteiger partial charge in [0.2, 0.25) is 0 Å². The largest absolute Gasteiger partial charge is 0.327 e. The molecule has 3 heteroatoms. The van der Waals surface area contributed by atoms with E-state index >= 15 is 0 Å². The lowest BCUT2D eigenvalue weighted by atomic mass is 9.91. The third-order valence-corrected chi connectivity index (χ3v) is 3.30. The summed E-state index contributed by atoms with van der Waals surface area (Å²) in [6.07, 6.45) is 3.94. The highest BCUT2D eigenvalue weighted by atomic mass is 35.5. The Morgan fingerprint density at radius 3 is 2.81 bits per heavy atom. The molecule has 0 spiro atoms. The van der Waals surface area contributed by atoms with Gasteiger partial charge in [-0.1, -0.05) is 35.9 Å². The van der Waals surface area contributed by atoms with Gasteiger partial charge in [-0.3, -0.25) is 0 Å². The predicted octanol–water partition coefficient (Wildman–Crippen LogP) is 2.34. The quantitative estimate of drug-likeness (QED) is 0.873. The summed E-state index contributed by atoms with van der Waals surface area (Å²) >= 11 is 6.28. The number of hydrogen-bond donors (Lipinski definition) is 1. The van der Waals surface area contributed by atoms with E-state index in [1.807, 2.05) is 18.2 Å². The standard InChI is InChI=1S/C13H17ClN2/c1-16-8-11(9-16)12-5-4-10(3-2-6-15)7-13(12)14/h2-5,7,11H,6,8-9,15H2,1H3/b3-2+. The summed E-state index contributed by atoms with van der Waals surface area (Å²) in [6, 6.07) is 6.25. The first-order valence-electron chi connectivity index (χ1n) is 5.55. The van der Waals surface area contributed by atoms with Gasteiger partial charge < -0.3 is 10.6 Å². The van der Waals surface area contributed by atoms with Crippen molar-refractivity contribution in [1.29, 1.82) is 0 Å². The van der Waals surface area contributed by atoms with Crippen molar-refractivity contribution in [1.82, 2.24) is 4.90 Å². The number of rotatable bonds is 3. The number of likely N-dealkylation sites (tertiary alicyclic amines) is 1. The highest BCUT2D eigenvalue weighted by Crippen LogP contribution is 2.31. The van der Waals surface area contributed by atoms with E-state index in [0.29, 0.717) is 12.5 Å². The molecule has 1 aliphatic rings. The number of hydrogen-bond acceptors (Lipinski definition) is 2. The molecule has 1 fully saturated rings. The molecule has 1 heterocycles. The maximum atomic E-state index is 6.28. The molecule has 2 N–H and O–H groups in total. The Labute approximate surface area is 102 Å². The van der Waals surface area contributed by atoms with Crippen LogP contribution in [0, 0.1) is 0 Å². The van der Waals surface area contributed by atoms with Gasteiger partial charge in [0.1, 0.15) is 0 Å². The highest BCUT2D eigenvalue weighted by molar-refractivity contribution is 6.31. The maximum Gasteiger partial charge on any atom is 0.0447 e. The van der Waals surface area contributed by atoms with E-state index < -0.39 is 0 Å². The number of nitrogens with two attached hydrogens (primary N) is 1. The van der Waals surface area contributed by atoms with Crippen LogP contribution in [-0.4, -0.2) is 31.6 Å². The zero-order chi connectivity index (χ0) is 11.5. The van der Waals surface area contributed by atoms with E-state index in [-0.39, 0.29) is 0 Å². The van der Waals surface area contributed by atoms with E-state index in [1.165, 1.54) is 5.56 Å². The lowest BCUT2D eigenvalue weighted by Crippen LogP contribution is -2.41. The van der Waals surface area contributed by atoms with Gasteiger partial charge in [0.25, 0.3) is 0 Å². The van der Waals surface area contributed by atoms with Crippen LogP contribution in [0.25, 0.3) is 6.08 Å². The molecule has 0 atom stereocenters. The van der Waals surface area contributed by atoms with E-state index in [4.69, 9.17) is 17.3 Å². The fourth-order valence-corrected chi connectivity index (χ4v) is 2.42. The maximum absolute atomic E-state index is 6.28.